The zero-order valence-corrected chi connectivity index (χ0v) is 8.07. The van der Waals surface area contributed by atoms with Gasteiger partial charge in [-0.1, -0.05) is 0 Å². The number of hydrogen-bond donors (Lipinski definition) is 1. The lowest BCUT2D eigenvalue weighted by atomic mass is 9.83. The minimum absolute atomic E-state index is 0.392. The molecule has 0 aromatic carbocycles. The fourth-order valence-corrected chi connectivity index (χ4v) is 3.10. The van der Waals surface area contributed by atoms with Gasteiger partial charge in [0.1, 0.15) is 0 Å². The van der Waals surface area contributed by atoms with Crippen LogP contribution in [0, 0.1) is 17.8 Å². The molecule has 2 fully saturated rings. The molecule has 0 aromatic heterocycles. The molecule has 2 atom stereocenters. The molecule has 1 heterocycles. The van der Waals surface area contributed by atoms with E-state index in [2.05, 4.69) is 11.9 Å². The highest BCUT2D eigenvalue weighted by Crippen LogP contribution is 2.43. The van der Waals surface area contributed by atoms with Crippen LogP contribution in [0.2, 0.25) is 0 Å². The van der Waals surface area contributed by atoms with Gasteiger partial charge in [0.2, 0.25) is 0 Å². The average molecular weight is 183 g/mol. The summed E-state index contributed by atoms with van der Waals surface area (Å²) in [5, 5.41) is 8.78. The molecule has 1 aliphatic heterocycles. The van der Waals surface area contributed by atoms with Crippen LogP contribution >= 0.6 is 0 Å². The molecule has 2 unspecified atom stereocenters. The summed E-state index contributed by atoms with van der Waals surface area (Å²) in [6.07, 6.45) is 2.88. The van der Waals surface area contributed by atoms with E-state index in [0.717, 1.165) is 13.1 Å². The van der Waals surface area contributed by atoms with Crippen molar-refractivity contribution in [3.05, 3.63) is 0 Å². The van der Waals surface area contributed by atoms with Gasteiger partial charge in [0, 0.05) is 19.5 Å². The molecule has 3 nitrogen and oxygen atoms in total. The van der Waals surface area contributed by atoms with E-state index < -0.39 is 5.97 Å². The smallest absolute Gasteiger partial charge is 0.303 e. The molecule has 1 aliphatic carbocycles. The van der Waals surface area contributed by atoms with E-state index in [1.807, 2.05) is 0 Å². The number of carbonyl (C=O) groups is 1. The van der Waals surface area contributed by atoms with Crippen molar-refractivity contribution in [1.82, 2.24) is 4.90 Å². The Morgan fingerprint density at radius 2 is 1.92 bits per heavy atom. The van der Waals surface area contributed by atoms with Crippen molar-refractivity contribution in [2.75, 3.05) is 20.1 Å². The first kappa shape index (κ1) is 9.00. The van der Waals surface area contributed by atoms with E-state index in [-0.39, 0.29) is 0 Å². The summed E-state index contributed by atoms with van der Waals surface area (Å²) in [4.78, 5) is 13.0. The highest BCUT2D eigenvalue weighted by atomic mass is 16.4. The second kappa shape index (κ2) is 3.29. The van der Waals surface area contributed by atoms with Gasteiger partial charge in [0.15, 0.2) is 0 Å². The van der Waals surface area contributed by atoms with E-state index in [1.165, 1.54) is 12.8 Å². The number of piperidine rings is 1. The van der Waals surface area contributed by atoms with Crippen molar-refractivity contribution in [2.24, 2.45) is 17.8 Å². The molecule has 1 N–H and O–H groups in total. The lowest BCUT2D eigenvalue weighted by Crippen LogP contribution is -2.40. The van der Waals surface area contributed by atoms with Crippen molar-refractivity contribution >= 4 is 5.97 Å². The van der Waals surface area contributed by atoms with Gasteiger partial charge < -0.3 is 10.0 Å². The standard InChI is InChI=1S/C10H17NO2/c1-11-5-7-2-3-8(6-11)9(7)4-10(12)13/h7-9H,2-6H2,1H3,(H,12,13). The van der Waals surface area contributed by atoms with Crippen LogP contribution in [0.15, 0.2) is 0 Å². The molecular formula is C10H17NO2. The van der Waals surface area contributed by atoms with E-state index in [1.54, 1.807) is 0 Å². The van der Waals surface area contributed by atoms with Crippen LogP contribution in [-0.4, -0.2) is 36.1 Å². The van der Waals surface area contributed by atoms with Crippen LogP contribution in [0.25, 0.3) is 0 Å². The second-order valence-electron chi connectivity index (χ2n) is 4.58. The number of carboxylic acid groups (broad SMARTS) is 1. The van der Waals surface area contributed by atoms with Crippen LogP contribution in [0.5, 0.6) is 0 Å². The van der Waals surface area contributed by atoms with Gasteiger partial charge in [0.05, 0.1) is 0 Å². The van der Waals surface area contributed by atoms with Gasteiger partial charge in [-0.15, -0.1) is 0 Å². The largest absolute Gasteiger partial charge is 0.481 e. The Bertz CT molecular complexity index is 203. The Balaban J connectivity index is 2.02. The molecule has 2 aliphatic rings. The molecule has 2 rings (SSSR count). The van der Waals surface area contributed by atoms with E-state index in [4.69, 9.17) is 5.11 Å². The molecule has 1 saturated heterocycles. The minimum Gasteiger partial charge on any atom is -0.481 e. The molecule has 13 heavy (non-hydrogen) atoms. The number of likely N-dealkylation sites (tertiary alicyclic amines) is 1. The van der Waals surface area contributed by atoms with Crippen LogP contribution < -0.4 is 0 Å². The fraction of sp³-hybridized carbons (Fsp3) is 0.900. The predicted octanol–water partition coefficient (Wildman–Crippen LogP) is 1.05. The lowest BCUT2D eigenvalue weighted by Gasteiger charge is -2.35. The van der Waals surface area contributed by atoms with Crippen molar-refractivity contribution < 1.29 is 9.90 Å². The predicted molar refractivity (Wildman–Crippen MR) is 49.5 cm³/mol. The van der Waals surface area contributed by atoms with Gasteiger partial charge in [-0.05, 0) is 37.6 Å². The summed E-state index contributed by atoms with van der Waals surface area (Å²) < 4.78 is 0. The fourth-order valence-electron chi connectivity index (χ4n) is 3.10. The summed E-state index contributed by atoms with van der Waals surface area (Å²) in [7, 11) is 2.14. The quantitative estimate of drug-likeness (QED) is 0.695. The molecule has 0 aromatic rings. The number of fused-ring (bicyclic) bond motifs is 2. The third-order valence-electron chi connectivity index (χ3n) is 3.62. The van der Waals surface area contributed by atoms with Gasteiger partial charge in [-0.25, -0.2) is 0 Å². The summed E-state index contributed by atoms with van der Waals surface area (Å²) in [5.74, 6) is 1.15. The van der Waals surface area contributed by atoms with Crippen molar-refractivity contribution in [1.29, 1.82) is 0 Å². The first-order valence-electron chi connectivity index (χ1n) is 5.07. The molecular weight excluding hydrogens is 166 g/mol. The number of nitrogens with zero attached hydrogens (tertiary/aromatic N) is 1. The highest BCUT2D eigenvalue weighted by Gasteiger charge is 2.41. The zero-order valence-electron chi connectivity index (χ0n) is 8.07. The lowest BCUT2D eigenvalue weighted by molar-refractivity contribution is -0.139. The van der Waals surface area contributed by atoms with E-state index in [9.17, 15) is 4.79 Å². The Hall–Kier alpha value is -0.570. The van der Waals surface area contributed by atoms with Crippen LogP contribution in [0.1, 0.15) is 19.3 Å². The molecule has 2 bridgehead atoms. The minimum atomic E-state index is -0.619. The maximum absolute atomic E-state index is 10.7. The summed E-state index contributed by atoms with van der Waals surface area (Å²) in [6, 6.07) is 0. The first-order valence-corrected chi connectivity index (χ1v) is 5.07. The van der Waals surface area contributed by atoms with Crippen LogP contribution in [0.3, 0.4) is 0 Å². The highest BCUT2D eigenvalue weighted by molar-refractivity contribution is 5.67. The monoisotopic (exact) mass is 183 g/mol. The van der Waals surface area contributed by atoms with E-state index in [0.29, 0.717) is 24.2 Å². The van der Waals surface area contributed by atoms with Gasteiger partial charge >= 0.3 is 5.97 Å². The molecule has 74 valence electrons. The second-order valence-corrected chi connectivity index (χ2v) is 4.58. The van der Waals surface area contributed by atoms with Crippen LogP contribution in [-0.2, 0) is 4.79 Å². The van der Waals surface area contributed by atoms with Crippen molar-refractivity contribution in [2.45, 2.75) is 19.3 Å². The first-order chi connectivity index (χ1) is 6.16. The number of carboxylic acids is 1. The summed E-state index contributed by atoms with van der Waals surface area (Å²) in [6.45, 7) is 2.21. The van der Waals surface area contributed by atoms with Gasteiger partial charge in [-0.3, -0.25) is 4.79 Å². The molecule has 0 radical (unpaired) electrons. The Morgan fingerprint density at radius 1 is 1.38 bits per heavy atom. The average Bonchev–Trinajstić information content (AvgIpc) is 2.32. The number of aliphatic carboxylic acids is 1. The molecule has 1 saturated carbocycles. The summed E-state index contributed by atoms with van der Waals surface area (Å²) >= 11 is 0. The van der Waals surface area contributed by atoms with Crippen molar-refractivity contribution in [3.8, 4) is 0 Å². The molecule has 3 heteroatoms. The Kier molecular flexibility index (Phi) is 2.28. The summed E-state index contributed by atoms with van der Waals surface area (Å²) in [5.41, 5.74) is 0. The Morgan fingerprint density at radius 3 is 2.38 bits per heavy atom. The van der Waals surface area contributed by atoms with Crippen LogP contribution in [0.4, 0.5) is 0 Å². The van der Waals surface area contributed by atoms with Crippen molar-refractivity contribution in [3.63, 3.8) is 0 Å². The normalized spacial score (nSPS) is 39.3. The zero-order chi connectivity index (χ0) is 9.42. The Labute approximate surface area is 78.7 Å². The maximum Gasteiger partial charge on any atom is 0.303 e. The molecule has 0 amide bonds. The van der Waals surface area contributed by atoms with Gasteiger partial charge in [-0.2, -0.15) is 0 Å². The third kappa shape index (κ3) is 1.70. The SMILES string of the molecule is CN1CC2CCC(C1)C2CC(=O)O. The maximum atomic E-state index is 10.7. The topological polar surface area (TPSA) is 40.5 Å². The number of hydrogen-bond acceptors (Lipinski definition) is 2. The molecule has 0 spiro atoms. The number of rotatable bonds is 2. The van der Waals surface area contributed by atoms with E-state index >= 15 is 0 Å². The third-order valence-corrected chi connectivity index (χ3v) is 3.62. The van der Waals surface area contributed by atoms with Gasteiger partial charge in [0.25, 0.3) is 0 Å².